The molecule has 0 saturated heterocycles. The normalized spacial score (nSPS) is 19.7. The number of hydrogen-bond acceptors (Lipinski definition) is 2. The average Bonchev–Trinajstić information content (AvgIpc) is 2.05. The lowest BCUT2D eigenvalue weighted by Crippen LogP contribution is -2.18. The van der Waals surface area contributed by atoms with Crippen molar-refractivity contribution in [2.45, 2.75) is 25.8 Å². The molecule has 0 aromatic carbocycles. The van der Waals surface area contributed by atoms with Gasteiger partial charge in [-0.3, -0.25) is 0 Å². The molecule has 2 heteroatoms. The minimum absolute atomic E-state index is 0.131. The molecule has 1 atom stereocenters. The summed E-state index contributed by atoms with van der Waals surface area (Å²) in [6.45, 7) is 1.97. The molecular weight excluding hydrogens is 136 g/mol. The van der Waals surface area contributed by atoms with E-state index in [1.165, 1.54) is 5.57 Å². The highest BCUT2D eigenvalue weighted by Crippen LogP contribution is 2.18. The molecule has 0 radical (unpaired) electrons. The van der Waals surface area contributed by atoms with Gasteiger partial charge in [0.2, 0.25) is 0 Å². The van der Waals surface area contributed by atoms with E-state index in [0.717, 1.165) is 18.4 Å². The molecule has 0 saturated carbocycles. The van der Waals surface area contributed by atoms with Gasteiger partial charge in [0, 0.05) is 11.6 Å². The Morgan fingerprint density at radius 2 is 2.27 bits per heavy atom. The Morgan fingerprint density at radius 1 is 1.55 bits per heavy atom. The molecule has 1 rings (SSSR count). The maximum Gasteiger partial charge on any atom is 0.0947 e. The van der Waals surface area contributed by atoms with Crippen molar-refractivity contribution in [3.63, 3.8) is 0 Å². The lowest BCUT2D eigenvalue weighted by atomic mass is 9.95. The van der Waals surface area contributed by atoms with Crippen molar-refractivity contribution in [2.75, 3.05) is 0 Å². The predicted molar refractivity (Wildman–Crippen MR) is 44.7 cm³/mol. The molecule has 0 fully saturated rings. The molecule has 0 aromatic heterocycles. The Hall–Kier alpha value is -1.07. The Bertz CT molecular complexity index is 241. The van der Waals surface area contributed by atoms with Crippen molar-refractivity contribution in [1.82, 2.24) is 0 Å². The van der Waals surface area contributed by atoms with Gasteiger partial charge in [0.15, 0.2) is 0 Å². The lowest BCUT2D eigenvalue weighted by Gasteiger charge is -2.13. The van der Waals surface area contributed by atoms with E-state index in [9.17, 15) is 0 Å². The topological polar surface area (TPSA) is 49.8 Å². The first-order chi connectivity index (χ1) is 5.24. The molecule has 0 spiro atoms. The predicted octanol–water partition coefficient (Wildman–Crippen LogP) is 1.50. The van der Waals surface area contributed by atoms with Crippen LogP contribution in [0.25, 0.3) is 0 Å². The average molecular weight is 148 g/mol. The zero-order valence-corrected chi connectivity index (χ0v) is 6.67. The van der Waals surface area contributed by atoms with Crippen LogP contribution in [0, 0.1) is 11.3 Å². The molecule has 11 heavy (non-hydrogen) atoms. The molecule has 2 N–H and O–H groups in total. The Balaban J connectivity index is 2.71. The van der Waals surface area contributed by atoms with Crippen LogP contribution in [0.2, 0.25) is 0 Å². The molecule has 2 nitrogen and oxygen atoms in total. The van der Waals surface area contributed by atoms with Crippen LogP contribution >= 0.6 is 0 Å². The highest BCUT2D eigenvalue weighted by atomic mass is 14.6. The standard InChI is InChI=1S/C9H12N2/c1-7(11)9-4-2-8(6-10)3-5-9/h2,4,7H,3,5,11H2,1H3. The number of allylic oxidation sites excluding steroid dienone is 3. The highest BCUT2D eigenvalue weighted by molar-refractivity contribution is 5.33. The van der Waals surface area contributed by atoms with Gasteiger partial charge in [-0.15, -0.1) is 0 Å². The molecule has 1 aliphatic rings. The monoisotopic (exact) mass is 148 g/mol. The maximum atomic E-state index is 8.54. The van der Waals surface area contributed by atoms with E-state index in [1.807, 2.05) is 19.1 Å². The Labute approximate surface area is 67.0 Å². The van der Waals surface area contributed by atoms with Crippen LogP contribution in [0.5, 0.6) is 0 Å². The molecule has 58 valence electrons. The van der Waals surface area contributed by atoms with Gasteiger partial charge in [-0.05, 0) is 25.8 Å². The molecular formula is C9H12N2. The van der Waals surface area contributed by atoms with Crippen molar-refractivity contribution < 1.29 is 0 Å². The fraction of sp³-hybridized carbons (Fsp3) is 0.444. The molecule has 0 bridgehead atoms. The van der Waals surface area contributed by atoms with Crippen LogP contribution in [0.15, 0.2) is 23.3 Å². The van der Waals surface area contributed by atoms with Gasteiger partial charge in [0.1, 0.15) is 0 Å². The van der Waals surface area contributed by atoms with Crippen LogP contribution in [0.4, 0.5) is 0 Å². The van der Waals surface area contributed by atoms with Gasteiger partial charge in [-0.1, -0.05) is 11.6 Å². The third-order valence-electron chi connectivity index (χ3n) is 1.91. The van der Waals surface area contributed by atoms with E-state index >= 15 is 0 Å². The lowest BCUT2D eigenvalue weighted by molar-refractivity contribution is 0.773. The fourth-order valence-electron chi connectivity index (χ4n) is 1.13. The summed E-state index contributed by atoms with van der Waals surface area (Å²) in [5, 5.41) is 8.54. The van der Waals surface area contributed by atoms with Crippen LogP contribution in [-0.4, -0.2) is 6.04 Å². The Morgan fingerprint density at radius 3 is 2.64 bits per heavy atom. The van der Waals surface area contributed by atoms with E-state index in [1.54, 1.807) is 0 Å². The first-order valence-electron chi connectivity index (χ1n) is 3.79. The fourth-order valence-corrected chi connectivity index (χ4v) is 1.13. The number of nitrogens with two attached hydrogens (primary N) is 1. The summed E-state index contributed by atoms with van der Waals surface area (Å²) in [6, 6.07) is 2.27. The number of hydrogen-bond donors (Lipinski definition) is 1. The summed E-state index contributed by atoms with van der Waals surface area (Å²) in [5.41, 5.74) is 7.77. The number of nitriles is 1. The quantitative estimate of drug-likeness (QED) is 0.612. The van der Waals surface area contributed by atoms with E-state index < -0.39 is 0 Å². The second-order valence-corrected chi connectivity index (χ2v) is 2.83. The third kappa shape index (κ3) is 1.92. The zero-order valence-electron chi connectivity index (χ0n) is 6.67. The summed E-state index contributed by atoms with van der Waals surface area (Å²) < 4.78 is 0. The molecule has 0 aromatic rings. The van der Waals surface area contributed by atoms with Gasteiger partial charge in [0.25, 0.3) is 0 Å². The summed E-state index contributed by atoms with van der Waals surface area (Å²) >= 11 is 0. The third-order valence-corrected chi connectivity index (χ3v) is 1.91. The van der Waals surface area contributed by atoms with Crippen LogP contribution in [-0.2, 0) is 0 Å². The molecule has 0 heterocycles. The summed E-state index contributed by atoms with van der Waals surface area (Å²) in [5.74, 6) is 0. The SMILES string of the molecule is CC(N)C1=CC=C(C#N)CC1. The summed E-state index contributed by atoms with van der Waals surface area (Å²) in [6.07, 6.45) is 5.62. The van der Waals surface area contributed by atoms with Crippen molar-refractivity contribution >= 4 is 0 Å². The molecule has 0 amide bonds. The van der Waals surface area contributed by atoms with Gasteiger partial charge >= 0.3 is 0 Å². The van der Waals surface area contributed by atoms with E-state index in [2.05, 4.69) is 6.07 Å². The van der Waals surface area contributed by atoms with Crippen molar-refractivity contribution in [3.8, 4) is 6.07 Å². The number of rotatable bonds is 1. The molecule has 1 aliphatic carbocycles. The van der Waals surface area contributed by atoms with Crippen molar-refractivity contribution in [2.24, 2.45) is 5.73 Å². The van der Waals surface area contributed by atoms with Gasteiger partial charge in [-0.25, -0.2) is 0 Å². The second kappa shape index (κ2) is 3.36. The highest BCUT2D eigenvalue weighted by Gasteiger charge is 2.08. The molecule has 1 unspecified atom stereocenters. The maximum absolute atomic E-state index is 8.54. The van der Waals surface area contributed by atoms with Gasteiger partial charge in [-0.2, -0.15) is 5.26 Å². The molecule has 0 aliphatic heterocycles. The smallest absolute Gasteiger partial charge is 0.0947 e. The first-order valence-corrected chi connectivity index (χ1v) is 3.79. The van der Waals surface area contributed by atoms with Crippen LogP contribution < -0.4 is 5.73 Å². The largest absolute Gasteiger partial charge is 0.324 e. The second-order valence-electron chi connectivity index (χ2n) is 2.83. The van der Waals surface area contributed by atoms with E-state index in [-0.39, 0.29) is 6.04 Å². The van der Waals surface area contributed by atoms with E-state index in [0.29, 0.717) is 0 Å². The Kier molecular flexibility index (Phi) is 2.45. The van der Waals surface area contributed by atoms with Crippen LogP contribution in [0.1, 0.15) is 19.8 Å². The number of nitrogens with zero attached hydrogens (tertiary/aromatic N) is 1. The zero-order chi connectivity index (χ0) is 8.27. The van der Waals surface area contributed by atoms with Crippen molar-refractivity contribution in [3.05, 3.63) is 23.3 Å². The van der Waals surface area contributed by atoms with Gasteiger partial charge < -0.3 is 5.73 Å². The minimum atomic E-state index is 0.131. The minimum Gasteiger partial charge on any atom is -0.324 e. The first kappa shape index (κ1) is 8.03. The van der Waals surface area contributed by atoms with Gasteiger partial charge in [0.05, 0.1) is 6.07 Å². The van der Waals surface area contributed by atoms with E-state index in [4.69, 9.17) is 11.0 Å². The summed E-state index contributed by atoms with van der Waals surface area (Å²) in [7, 11) is 0. The van der Waals surface area contributed by atoms with Crippen LogP contribution in [0.3, 0.4) is 0 Å². The van der Waals surface area contributed by atoms with Crippen molar-refractivity contribution in [1.29, 1.82) is 5.26 Å². The summed E-state index contributed by atoms with van der Waals surface area (Å²) in [4.78, 5) is 0.